The molecule has 2 heterocycles. The lowest BCUT2D eigenvalue weighted by Crippen LogP contribution is -2.46. The molecule has 1 unspecified atom stereocenters. The molecule has 1 atom stereocenters. The summed E-state index contributed by atoms with van der Waals surface area (Å²) in [6.07, 6.45) is 0. The van der Waals surface area contributed by atoms with Gasteiger partial charge in [0.05, 0.1) is 31.5 Å². The van der Waals surface area contributed by atoms with Crippen molar-refractivity contribution in [3.8, 4) is 0 Å². The third-order valence-electron chi connectivity index (χ3n) is 4.97. The number of ether oxygens (including phenoxy) is 1. The number of hydrogen-bond acceptors (Lipinski definition) is 5. The highest BCUT2D eigenvalue weighted by Crippen LogP contribution is 2.24. The molecule has 1 aliphatic rings. The van der Waals surface area contributed by atoms with Crippen LogP contribution in [0.25, 0.3) is 0 Å². The van der Waals surface area contributed by atoms with Gasteiger partial charge >= 0.3 is 0 Å². The van der Waals surface area contributed by atoms with E-state index in [0.29, 0.717) is 12.5 Å². The van der Waals surface area contributed by atoms with Gasteiger partial charge in [-0.2, -0.15) is 0 Å². The molecule has 0 aliphatic carbocycles. The first kappa shape index (κ1) is 22.0. The standard InChI is InChI=1S/C21H30ClN5OS/c1-15(2)18-14-29-20(26-18)13-25-21(23-3)24-12-19(27-7-9-28-10-8-27)16-5-4-6-17(22)11-16/h4-6,11,14-15,19H,7-10,12-13H2,1-3H3,(H2,23,24,25). The SMILES string of the molecule is CN=C(NCc1nc(C(C)C)cs1)NCC(c1cccc(Cl)c1)N1CCOCC1. The fourth-order valence-electron chi connectivity index (χ4n) is 3.31. The van der Waals surface area contributed by atoms with Crippen LogP contribution in [0.4, 0.5) is 0 Å². The summed E-state index contributed by atoms with van der Waals surface area (Å²) in [6.45, 7) is 9.04. The first-order valence-electron chi connectivity index (χ1n) is 10.0. The summed E-state index contributed by atoms with van der Waals surface area (Å²) in [5.41, 5.74) is 2.34. The number of rotatable bonds is 7. The molecule has 0 saturated carbocycles. The van der Waals surface area contributed by atoms with Gasteiger partial charge in [-0.05, 0) is 23.6 Å². The van der Waals surface area contributed by atoms with E-state index in [1.165, 1.54) is 5.56 Å². The second-order valence-corrected chi connectivity index (χ2v) is 8.73. The van der Waals surface area contributed by atoms with E-state index in [2.05, 4.69) is 50.8 Å². The van der Waals surface area contributed by atoms with Crippen LogP contribution >= 0.6 is 22.9 Å². The molecule has 29 heavy (non-hydrogen) atoms. The zero-order valence-electron chi connectivity index (χ0n) is 17.3. The lowest BCUT2D eigenvalue weighted by Gasteiger charge is -2.35. The lowest BCUT2D eigenvalue weighted by molar-refractivity contribution is 0.0170. The van der Waals surface area contributed by atoms with Crippen molar-refractivity contribution in [1.82, 2.24) is 20.5 Å². The van der Waals surface area contributed by atoms with Crippen LogP contribution in [0.2, 0.25) is 5.02 Å². The second-order valence-electron chi connectivity index (χ2n) is 7.35. The van der Waals surface area contributed by atoms with Crippen LogP contribution in [0, 0.1) is 0 Å². The summed E-state index contributed by atoms with van der Waals surface area (Å²) < 4.78 is 5.53. The van der Waals surface area contributed by atoms with Gasteiger partial charge in [0.2, 0.25) is 0 Å². The van der Waals surface area contributed by atoms with Gasteiger partial charge in [0, 0.05) is 37.1 Å². The Hall–Kier alpha value is -1.67. The molecule has 1 aromatic heterocycles. The minimum Gasteiger partial charge on any atom is -0.379 e. The number of nitrogens with one attached hydrogen (secondary N) is 2. The predicted octanol–water partition coefficient (Wildman–Crippen LogP) is 3.66. The van der Waals surface area contributed by atoms with Crippen LogP contribution in [0.15, 0.2) is 34.6 Å². The Labute approximate surface area is 182 Å². The van der Waals surface area contributed by atoms with E-state index >= 15 is 0 Å². The normalized spacial score (nSPS) is 16.8. The van der Waals surface area contributed by atoms with Gasteiger partial charge in [-0.1, -0.05) is 37.6 Å². The van der Waals surface area contributed by atoms with Crippen molar-refractivity contribution in [3.63, 3.8) is 0 Å². The number of nitrogens with zero attached hydrogens (tertiary/aromatic N) is 3. The van der Waals surface area contributed by atoms with Gasteiger partial charge in [0.1, 0.15) is 5.01 Å². The summed E-state index contributed by atoms with van der Waals surface area (Å²) in [5, 5.41) is 10.8. The summed E-state index contributed by atoms with van der Waals surface area (Å²) in [7, 11) is 1.79. The molecular formula is C21H30ClN5OS. The smallest absolute Gasteiger partial charge is 0.191 e. The molecule has 2 aromatic rings. The van der Waals surface area contributed by atoms with Gasteiger partial charge in [-0.15, -0.1) is 11.3 Å². The minimum absolute atomic E-state index is 0.198. The summed E-state index contributed by atoms with van der Waals surface area (Å²) in [4.78, 5) is 11.5. The molecule has 6 nitrogen and oxygen atoms in total. The number of aliphatic imine (C=N–C) groups is 1. The van der Waals surface area contributed by atoms with Gasteiger partial charge in [-0.25, -0.2) is 4.98 Å². The maximum Gasteiger partial charge on any atom is 0.191 e. The van der Waals surface area contributed by atoms with Crippen molar-refractivity contribution in [3.05, 3.63) is 50.9 Å². The first-order valence-corrected chi connectivity index (χ1v) is 11.3. The number of hydrogen-bond donors (Lipinski definition) is 2. The van der Waals surface area contributed by atoms with Gasteiger partial charge < -0.3 is 15.4 Å². The van der Waals surface area contributed by atoms with Crippen molar-refractivity contribution in [1.29, 1.82) is 0 Å². The van der Waals surface area contributed by atoms with Crippen molar-refractivity contribution in [2.45, 2.75) is 32.4 Å². The topological polar surface area (TPSA) is 61.8 Å². The first-order chi connectivity index (χ1) is 14.1. The molecule has 0 spiro atoms. The Kier molecular flexibility index (Phi) is 8.29. The van der Waals surface area contributed by atoms with E-state index in [1.807, 2.05) is 18.2 Å². The molecular weight excluding hydrogens is 406 g/mol. The fourth-order valence-corrected chi connectivity index (χ4v) is 4.40. The quantitative estimate of drug-likeness (QED) is 0.513. The number of morpholine rings is 1. The molecule has 158 valence electrons. The third kappa shape index (κ3) is 6.40. The van der Waals surface area contributed by atoms with E-state index < -0.39 is 0 Å². The van der Waals surface area contributed by atoms with Gasteiger partial charge in [0.15, 0.2) is 5.96 Å². The fraction of sp³-hybridized carbons (Fsp3) is 0.524. The van der Waals surface area contributed by atoms with Crippen LogP contribution in [0.5, 0.6) is 0 Å². The van der Waals surface area contributed by atoms with Crippen LogP contribution in [-0.4, -0.2) is 55.7 Å². The Bertz CT molecular complexity index is 804. The number of halogens is 1. The van der Waals surface area contributed by atoms with Crippen LogP contribution in [0.3, 0.4) is 0 Å². The van der Waals surface area contributed by atoms with E-state index in [0.717, 1.165) is 54.5 Å². The van der Waals surface area contributed by atoms with Crippen molar-refractivity contribution in [2.75, 3.05) is 39.9 Å². The molecule has 1 aromatic carbocycles. The van der Waals surface area contributed by atoms with E-state index in [1.54, 1.807) is 18.4 Å². The average Bonchev–Trinajstić information content (AvgIpc) is 3.21. The maximum atomic E-state index is 6.25. The molecule has 3 rings (SSSR count). The lowest BCUT2D eigenvalue weighted by atomic mass is 10.0. The third-order valence-corrected chi connectivity index (χ3v) is 6.08. The van der Waals surface area contributed by atoms with Crippen molar-refractivity contribution < 1.29 is 4.74 Å². The van der Waals surface area contributed by atoms with Crippen molar-refractivity contribution >= 4 is 28.9 Å². The second kappa shape index (κ2) is 10.9. The molecule has 1 saturated heterocycles. The Morgan fingerprint density at radius 3 is 2.76 bits per heavy atom. The largest absolute Gasteiger partial charge is 0.379 e. The molecule has 8 heteroatoms. The molecule has 0 radical (unpaired) electrons. The Morgan fingerprint density at radius 1 is 1.31 bits per heavy atom. The number of benzene rings is 1. The molecule has 2 N–H and O–H groups in total. The Morgan fingerprint density at radius 2 is 2.10 bits per heavy atom. The predicted molar refractivity (Wildman–Crippen MR) is 121 cm³/mol. The van der Waals surface area contributed by atoms with E-state index in [9.17, 15) is 0 Å². The summed E-state index contributed by atoms with van der Waals surface area (Å²) in [5.74, 6) is 1.22. The molecule has 0 bridgehead atoms. The Balaban J connectivity index is 1.61. The van der Waals surface area contributed by atoms with E-state index in [4.69, 9.17) is 16.3 Å². The monoisotopic (exact) mass is 435 g/mol. The number of thiazole rings is 1. The van der Waals surface area contributed by atoms with Crippen LogP contribution < -0.4 is 10.6 Å². The summed E-state index contributed by atoms with van der Waals surface area (Å²) in [6, 6.07) is 8.29. The highest BCUT2D eigenvalue weighted by Gasteiger charge is 2.23. The van der Waals surface area contributed by atoms with Gasteiger partial charge in [-0.3, -0.25) is 9.89 Å². The number of aromatic nitrogens is 1. The minimum atomic E-state index is 0.198. The molecule has 1 aliphatic heterocycles. The molecule has 1 fully saturated rings. The van der Waals surface area contributed by atoms with Crippen LogP contribution in [-0.2, 0) is 11.3 Å². The zero-order valence-corrected chi connectivity index (χ0v) is 18.9. The average molecular weight is 436 g/mol. The van der Waals surface area contributed by atoms with E-state index in [-0.39, 0.29) is 6.04 Å². The van der Waals surface area contributed by atoms with Crippen molar-refractivity contribution in [2.24, 2.45) is 4.99 Å². The van der Waals surface area contributed by atoms with Crippen LogP contribution in [0.1, 0.15) is 42.1 Å². The zero-order chi connectivity index (χ0) is 20.6. The molecule has 0 amide bonds. The number of guanidine groups is 1. The maximum absolute atomic E-state index is 6.25. The van der Waals surface area contributed by atoms with Gasteiger partial charge in [0.25, 0.3) is 0 Å². The highest BCUT2D eigenvalue weighted by atomic mass is 35.5. The summed E-state index contributed by atoms with van der Waals surface area (Å²) >= 11 is 7.94. The highest BCUT2D eigenvalue weighted by molar-refractivity contribution is 7.09.